The second-order valence-electron chi connectivity index (χ2n) is 3.57. The fraction of sp³-hybridized carbons (Fsp3) is 0.200. The summed E-state index contributed by atoms with van der Waals surface area (Å²) in [6.07, 6.45) is 0. The molecule has 2 heterocycles. The zero-order chi connectivity index (χ0) is 12.4. The third-order valence-corrected chi connectivity index (χ3v) is 2.47. The van der Waals surface area contributed by atoms with Gasteiger partial charge in [-0.05, 0) is 11.3 Å². The van der Waals surface area contributed by atoms with Crippen molar-refractivity contribution in [3.63, 3.8) is 0 Å². The molecule has 8 heteroatoms. The van der Waals surface area contributed by atoms with Gasteiger partial charge in [-0.15, -0.1) is 10.2 Å². The van der Waals surface area contributed by atoms with Crippen molar-refractivity contribution in [2.75, 3.05) is 6.79 Å². The molecule has 92 valence electrons. The number of para-hydroxylation sites is 1. The molecule has 0 bridgehead atoms. The van der Waals surface area contributed by atoms with Crippen LogP contribution in [0.4, 0.5) is 0 Å². The van der Waals surface area contributed by atoms with Crippen molar-refractivity contribution in [1.29, 1.82) is 0 Å². The number of nitrogens with zero attached hydrogens (tertiary/aromatic N) is 3. The summed E-state index contributed by atoms with van der Waals surface area (Å²) in [5.74, 6) is 0.937. The molecule has 0 radical (unpaired) electrons. The molecule has 0 fully saturated rings. The Morgan fingerprint density at radius 2 is 2.39 bits per heavy atom. The SMILES string of the molecule is O=C(NCc1cccc2c1OCO2)c1nn[nH]n1. The number of carbonyl (C=O) groups is 1. The minimum atomic E-state index is -0.403. The molecule has 2 aromatic rings. The van der Waals surface area contributed by atoms with Gasteiger partial charge in [0.2, 0.25) is 6.79 Å². The molecule has 2 N–H and O–H groups in total. The van der Waals surface area contributed by atoms with Crippen LogP contribution in [0.5, 0.6) is 11.5 Å². The summed E-state index contributed by atoms with van der Waals surface area (Å²) in [6, 6.07) is 5.50. The number of ether oxygens (including phenoxy) is 2. The largest absolute Gasteiger partial charge is 0.454 e. The van der Waals surface area contributed by atoms with Crippen LogP contribution in [0.15, 0.2) is 18.2 Å². The summed E-state index contributed by atoms with van der Waals surface area (Å²) >= 11 is 0. The second kappa shape index (κ2) is 4.32. The maximum atomic E-state index is 11.6. The highest BCUT2D eigenvalue weighted by Gasteiger charge is 2.18. The lowest BCUT2D eigenvalue weighted by Gasteiger charge is -2.06. The van der Waals surface area contributed by atoms with Crippen molar-refractivity contribution < 1.29 is 14.3 Å². The Hall–Kier alpha value is -2.64. The van der Waals surface area contributed by atoms with Gasteiger partial charge in [0.25, 0.3) is 11.7 Å². The standard InChI is InChI=1S/C10H9N5O3/c16-10(9-12-14-15-13-9)11-4-6-2-1-3-7-8(6)18-5-17-7/h1-3H,4-5H2,(H,11,16)(H,12,13,14,15). The van der Waals surface area contributed by atoms with Crippen molar-refractivity contribution in [2.24, 2.45) is 0 Å². The molecule has 1 aliphatic rings. The Kier molecular flexibility index (Phi) is 2.52. The quantitative estimate of drug-likeness (QED) is 0.782. The van der Waals surface area contributed by atoms with Crippen LogP contribution in [-0.4, -0.2) is 33.3 Å². The molecule has 0 saturated carbocycles. The summed E-state index contributed by atoms with van der Waals surface area (Å²) < 4.78 is 10.6. The average molecular weight is 247 g/mol. The summed E-state index contributed by atoms with van der Waals surface area (Å²) in [7, 11) is 0. The van der Waals surface area contributed by atoms with Crippen LogP contribution >= 0.6 is 0 Å². The highest BCUT2D eigenvalue weighted by Crippen LogP contribution is 2.35. The molecule has 3 rings (SSSR count). The van der Waals surface area contributed by atoms with Gasteiger partial charge in [-0.3, -0.25) is 4.79 Å². The predicted molar refractivity (Wildman–Crippen MR) is 57.9 cm³/mol. The lowest BCUT2D eigenvalue weighted by atomic mass is 10.2. The van der Waals surface area contributed by atoms with E-state index in [1.165, 1.54) is 0 Å². The molecule has 0 spiro atoms. The highest BCUT2D eigenvalue weighted by atomic mass is 16.7. The van der Waals surface area contributed by atoms with Gasteiger partial charge in [-0.1, -0.05) is 12.1 Å². The molecule has 0 aliphatic carbocycles. The summed E-state index contributed by atoms with van der Waals surface area (Å²) in [5, 5.41) is 15.4. The first kappa shape index (κ1) is 10.5. The fourth-order valence-corrected chi connectivity index (χ4v) is 1.64. The molecule has 0 saturated heterocycles. The van der Waals surface area contributed by atoms with Gasteiger partial charge in [0.05, 0.1) is 0 Å². The number of hydrogen-bond donors (Lipinski definition) is 2. The molecule has 0 unspecified atom stereocenters. The number of benzene rings is 1. The van der Waals surface area contributed by atoms with Crippen molar-refractivity contribution in [1.82, 2.24) is 25.9 Å². The third-order valence-electron chi connectivity index (χ3n) is 2.47. The molecule has 8 nitrogen and oxygen atoms in total. The number of aromatic nitrogens is 4. The number of hydrogen-bond acceptors (Lipinski definition) is 6. The highest BCUT2D eigenvalue weighted by molar-refractivity contribution is 5.90. The molecular formula is C10H9N5O3. The Balaban J connectivity index is 1.71. The second-order valence-corrected chi connectivity index (χ2v) is 3.57. The lowest BCUT2D eigenvalue weighted by molar-refractivity contribution is 0.0940. The van der Waals surface area contributed by atoms with E-state index in [0.717, 1.165) is 5.56 Å². The zero-order valence-electron chi connectivity index (χ0n) is 9.21. The smallest absolute Gasteiger partial charge is 0.293 e. The molecule has 18 heavy (non-hydrogen) atoms. The number of nitrogens with one attached hydrogen (secondary N) is 2. The van der Waals surface area contributed by atoms with Crippen LogP contribution in [0.25, 0.3) is 0 Å². The van der Waals surface area contributed by atoms with E-state index in [-0.39, 0.29) is 12.6 Å². The Morgan fingerprint density at radius 1 is 1.44 bits per heavy atom. The monoisotopic (exact) mass is 247 g/mol. The first-order valence-electron chi connectivity index (χ1n) is 5.24. The number of rotatable bonds is 3. The van der Waals surface area contributed by atoms with E-state index >= 15 is 0 Å². The average Bonchev–Trinajstić information content (AvgIpc) is 3.05. The van der Waals surface area contributed by atoms with Crippen LogP contribution in [0.2, 0.25) is 0 Å². The van der Waals surface area contributed by atoms with Crippen LogP contribution in [0.3, 0.4) is 0 Å². The van der Waals surface area contributed by atoms with Crippen molar-refractivity contribution in [3.05, 3.63) is 29.6 Å². The maximum Gasteiger partial charge on any atom is 0.293 e. The molecule has 1 aromatic heterocycles. The van der Waals surface area contributed by atoms with E-state index in [2.05, 4.69) is 25.9 Å². The van der Waals surface area contributed by atoms with Gasteiger partial charge >= 0.3 is 0 Å². The van der Waals surface area contributed by atoms with Crippen molar-refractivity contribution >= 4 is 5.91 Å². The number of H-pyrrole nitrogens is 1. The minimum absolute atomic E-state index is 0.000236. The van der Waals surface area contributed by atoms with E-state index in [1.807, 2.05) is 18.2 Å². The Bertz CT molecular complexity index is 569. The Morgan fingerprint density at radius 3 is 3.22 bits per heavy atom. The summed E-state index contributed by atoms with van der Waals surface area (Å²) in [5.41, 5.74) is 0.835. The van der Waals surface area contributed by atoms with Gasteiger partial charge in [-0.25, -0.2) is 0 Å². The number of carbonyl (C=O) groups excluding carboxylic acids is 1. The minimum Gasteiger partial charge on any atom is -0.454 e. The van der Waals surface area contributed by atoms with Crippen LogP contribution in [-0.2, 0) is 6.54 Å². The summed E-state index contributed by atoms with van der Waals surface area (Å²) in [4.78, 5) is 11.6. The third kappa shape index (κ3) is 1.83. The number of tetrazole rings is 1. The molecule has 1 aliphatic heterocycles. The topological polar surface area (TPSA) is 102 Å². The van der Waals surface area contributed by atoms with E-state index in [0.29, 0.717) is 18.0 Å². The van der Waals surface area contributed by atoms with Crippen LogP contribution in [0.1, 0.15) is 16.2 Å². The van der Waals surface area contributed by atoms with Gasteiger partial charge in [0, 0.05) is 12.1 Å². The first-order chi connectivity index (χ1) is 8.84. The molecule has 1 amide bonds. The van der Waals surface area contributed by atoms with Crippen LogP contribution in [0, 0.1) is 0 Å². The molecule has 0 atom stereocenters. The first-order valence-corrected chi connectivity index (χ1v) is 5.24. The van der Waals surface area contributed by atoms with Gasteiger partial charge in [-0.2, -0.15) is 5.21 Å². The maximum absolute atomic E-state index is 11.6. The van der Waals surface area contributed by atoms with Crippen LogP contribution < -0.4 is 14.8 Å². The van der Waals surface area contributed by atoms with Gasteiger partial charge in [0.1, 0.15) is 0 Å². The number of fused-ring (bicyclic) bond motifs is 1. The fourth-order valence-electron chi connectivity index (χ4n) is 1.64. The lowest BCUT2D eigenvalue weighted by Crippen LogP contribution is -2.24. The zero-order valence-corrected chi connectivity index (χ0v) is 9.21. The molecular weight excluding hydrogens is 238 g/mol. The van der Waals surface area contributed by atoms with E-state index < -0.39 is 5.91 Å². The van der Waals surface area contributed by atoms with Crippen molar-refractivity contribution in [2.45, 2.75) is 6.54 Å². The van der Waals surface area contributed by atoms with E-state index in [4.69, 9.17) is 9.47 Å². The number of amides is 1. The van der Waals surface area contributed by atoms with E-state index in [9.17, 15) is 4.79 Å². The van der Waals surface area contributed by atoms with Crippen molar-refractivity contribution in [3.8, 4) is 11.5 Å². The normalized spacial score (nSPS) is 12.4. The number of aromatic amines is 1. The van der Waals surface area contributed by atoms with E-state index in [1.54, 1.807) is 0 Å². The summed E-state index contributed by atoms with van der Waals surface area (Å²) in [6.45, 7) is 0.505. The Labute approximate surface area is 101 Å². The predicted octanol–water partition coefficient (Wildman–Crippen LogP) is -0.142. The molecule has 1 aromatic carbocycles. The van der Waals surface area contributed by atoms with Gasteiger partial charge in [0.15, 0.2) is 11.5 Å². The van der Waals surface area contributed by atoms with Gasteiger partial charge < -0.3 is 14.8 Å².